The number of rotatable bonds is 6. The number of aliphatic imine (C=N–C) groups is 1. The molecule has 0 bridgehead atoms. The molecule has 7 heteroatoms. The van der Waals surface area contributed by atoms with Gasteiger partial charge in [0.25, 0.3) is 0 Å². The summed E-state index contributed by atoms with van der Waals surface area (Å²) in [5.41, 5.74) is 2.88. The summed E-state index contributed by atoms with van der Waals surface area (Å²) in [4.78, 5) is 33.2. The standard InChI is InChI=1S/C24H22N2O4S/c1-15-12-19-23(18-6-4-5-7-21(18)30-3)25-13-22(28)26(24(19)31-15)14-20(27)16-8-10-17(29-2)11-9-16/h4-12H,13-14H2,1-3H3. The van der Waals surface area contributed by atoms with Gasteiger partial charge < -0.3 is 9.47 Å². The maximum absolute atomic E-state index is 13.0. The summed E-state index contributed by atoms with van der Waals surface area (Å²) < 4.78 is 10.7. The Morgan fingerprint density at radius 3 is 2.52 bits per heavy atom. The molecule has 0 unspecified atom stereocenters. The van der Waals surface area contributed by atoms with Gasteiger partial charge in [-0.1, -0.05) is 12.1 Å². The van der Waals surface area contributed by atoms with Gasteiger partial charge in [-0.2, -0.15) is 0 Å². The van der Waals surface area contributed by atoms with Crippen LogP contribution in [-0.4, -0.2) is 44.7 Å². The Morgan fingerprint density at radius 1 is 1.06 bits per heavy atom. The zero-order valence-corrected chi connectivity index (χ0v) is 18.4. The van der Waals surface area contributed by atoms with Crippen molar-refractivity contribution in [2.24, 2.45) is 4.99 Å². The molecule has 6 nitrogen and oxygen atoms in total. The quantitative estimate of drug-likeness (QED) is 0.547. The third-order valence-corrected chi connectivity index (χ3v) is 6.16. The number of Topliss-reactive ketones (excluding diaryl/α,β-unsaturated/α-hetero) is 1. The summed E-state index contributed by atoms with van der Waals surface area (Å²) in [5, 5.41) is 0.728. The van der Waals surface area contributed by atoms with Crippen molar-refractivity contribution in [2.45, 2.75) is 6.92 Å². The number of carbonyl (C=O) groups is 2. The lowest BCUT2D eigenvalue weighted by Crippen LogP contribution is -2.36. The first-order valence-corrected chi connectivity index (χ1v) is 10.6. The average Bonchev–Trinajstić information content (AvgIpc) is 3.13. The number of carbonyl (C=O) groups excluding carboxylic acids is 2. The van der Waals surface area contributed by atoms with Gasteiger partial charge in [-0.25, -0.2) is 0 Å². The number of thiophene rings is 1. The van der Waals surface area contributed by atoms with Crippen molar-refractivity contribution in [1.82, 2.24) is 0 Å². The molecule has 1 aromatic heterocycles. The molecule has 2 heterocycles. The third kappa shape index (κ3) is 4.09. The van der Waals surface area contributed by atoms with E-state index >= 15 is 0 Å². The number of ether oxygens (including phenoxy) is 2. The molecule has 158 valence electrons. The average molecular weight is 435 g/mol. The van der Waals surface area contributed by atoms with Gasteiger partial charge in [0.15, 0.2) is 5.78 Å². The molecule has 3 aromatic rings. The predicted molar refractivity (Wildman–Crippen MR) is 122 cm³/mol. The number of benzene rings is 2. The van der Waals surface area contributed by atoms with Crippen LogP contribution in [0.3, 0.4) is 0 Å². The summed E-state index contributed by atoms with van der Waals surface area (Å²) in [6.07, 6.45) is 0. The lowest BCUT2D eigenvalue weighted by atomic mass is 10.0. The van der Waals surface area contributed by atoms with E-state index in [1.165, 1.54) is 11.3 Å². The predicted octanol–water partition coefficient (Wildman–Crippen LogP) is 4.14. The Labute approximate surface area is 184 Å². The maximum Gasteiger partial charge on any atom is 0.249 e. The normalized spacial score (nSPS) is 13.3. The first-order valence-electron chi connectivity index (χ1n) is 9.78. The minimum atomic E-state index is -0.213. The second-order valence-corrected chi connectivity index (χ2v) is 8.31. The van der Waals surface area contributed by atoms with Gasteiger partial charge in [0, 0.05) is 21.6 Å². The number of methoxy groups -OCH3 is 2. The van der Waals surface area contributed by atoms with Crippen LogP contribution in [0.2, 0.25) is 0 Å². The molecule has 0 radical (unpaired) electrons. The van der Waals surface area contributed by atoms with Gasteiger partial charge in [-0.3, -0.25) is 19.5 Å². The smallest absolute Gasteiger partial charge is 0.249 e. The van der Waals surface area contributed by atoms with E-state index in [9.17, 15) is 9.59 Å². The van der Waals surface area contributed by atoms with Crippen molar-refractivity contribution in [3.63, 3.8) is 0 Å². The monoisotopic (exact) mass is 434 g/mol. The molecule has 0 atom stereocenters. The molecule has 1 amide bonds. The van der Waals surface area contributed by atoms with Crippen LogP contribution < -0.4 is 14.4 Å². The summed E-state index contributed by atoms with van der Waals surface area (Å²) in [6, 6.07) is 16.5. The molecule has 2 aromatic carbocycles. The van der Waals surface area contributed by atoms with E-state index < -0.39 is 0 Å². The minimum absolute atomic E-state index is 0.0380. The van der Waals surface area contributed by atoms with E-state index in [0.717, 1.165) is 21.0 Å². The highest BCUT2D eigenvalue weighted by Crippen LogP contribution is 2.36. The van der Waals surface area contributed by atoms with Crippen LogP contribution in [0.1, 0.15) is 26.4 Å². The van der Waals surface area contributed by atoms with Crippen LogP contribution in [0.25, 0.3) is 0 Å². The van der Waals surface area contributed by atoms with Crippen LogP contribution in [-0.2, 0) is 4.79 Å². The summed E-state index contributed by atoms with van der Waals surface area (Å²) in [5.74, 6) is 1.00. The Balaban J connectivity index is 1.71. The molecule has 0 saturated carbocycles. The zero-order chi connectivity index (χ0) is 22.0. The van der Waals surface area contributed by atoms with Crippen LogP contribution in [0.15, 0.2) is 59.6 Å². The van der Waals surface area contributed by atoms with Gasteiger partial charge in [-0.15, -0.1) is 11.3 Å². The number of ketones is 1. The third-order valence-electron chi connectivity index (χ3n) is 5.09. The fraction of sp³-hybridized carbons (Fsp3) is 0.208. The Hall–Kier alpha value is -3.45. The Morgan fingerprint density at radius 2 is 1.81 bits per heavy atom. The van der Waals surface area contributed by atoms with Crippen LogP contribution in [0.4, 0.5) is 5.00 Å². The van der Waals surface area contributed by atoms with E-state index in [2.05, 4.69) is 4.99 Å². The van der Waals surface area contributed by atoms with Crippen LogP contribution in [0.5, 0.6) is 11.5 Å². The molecule has 31 heavy (non-hydrogen) atoms. The molecule has 1 aliphatic heterocycles. The number of hydrogen-bond donors (Lipinski definition) is 0. The van der Waals surface area contributed by atoms with Gasteiger partial charge in [0.2, 0.25) is 5.91 Å². The van der Waals surface area contributed by atoms with Gasteiger partial charge >= 0.3 is 0 Å². The number of nitrogens with zero attached hydrogens (tertiary/aromatic N) is 2. The van der Waals surface area contributed by atoms with Gasteiger partial charge in [-0.05, 0) is 49.4 Å². The molecule has 4 rings (SSSR count). The summed E-state index contributed by atoms with van der Waals surface area (Å²) >= 11 is 1.48. The molecular formula is C24H22N2O4S. The molecule has 0 aliphatic carbocycles. The summed E-state index contributed by atoms with van der Waals surface area (Å²) in [7, 11) is 3.19. The second-order valence-electron chi connectivity index (χ2n) is 7.07. The second kappa shape index (κ2) is 8.73. The molecule has 0 N–H and O–H groups in total. The number of fused-ring (bicyclic) bond motifs is 1. The lowest BCUT2D eigenvalue weighted by molar-refractivity contribution is -0.117. The molecule has 0 fully saturated rings. The SMILES string of the molecule is COc1ccc(C(=O)CN2C(=O)CN=C(c3ccccc3OC)c3cc(C)sc32)cc1. The lowest BCUT2D eigenvalue weighted by Gasteiger charge is -2.20. The molecule has 0 saturated heterocycles. The number of amides is 1. The number of hydrogen-bond acceptors (Lipinski definition) is 6. The van der Waals surface area contributed by atoms with Crippen LogP contribution >= 0.6 is 11.3 Å². The van der Waals surface area contributed by atoms with Crippen molar-refractivity contribution in [1.29, 1.82) is 0 Å². The van der Waals surface area contributed by atoms with Crippen molar-refractivity contribution < 1.29 is 19.1 Å². The Bertz CT molecular complexity index is 1160. The van der Waals surface area contributed by atoms with Crippen molar-refractivity contribution in [3.05, 3.63) is 76.2 Å². The van der Waals surface area contributed by atoms with Crippen molar-refractivity contribution in [2.75, 3.05) is 32.2 Å². The van der Waals surface area contributed by atoms with E-state index in [-0.39, 0.29) is 24.8 Å². The summed E-state index contributed by atoms with van der Waals surface area (Å²) in [6.45, 7) is 1.89. The largest absolute Gasteiger partial charge is 0.497 e. The highest BCUT2D eigenvalue weighted by Gasteiger charge is 2.30. The Kier molecular flexibility index (Phi) is 5.86. The van der Waals surface area contributed by atoms with E-state index in [1.807, 2.05) is 37.3 Å². The highest BCUT2D eigenvalue weighted by atomic mass is 32.1. The highest BCUT2D eigenvalue weighted by molar-refractivity contribution is 7.16. The topological polar surface area (TPSA) is 68.2 Å². The fourth-order valence-corrected chi connectivity index (χ4v) is 4.57. The molecule has 1 aliphatic rings. The van der Waals surface area contributed by atoms with Crippen molar-refractivity contribution in [3.8, 4) is 11.5 Å². The van der Waals surface area contributed by atoms with E-state index in [0.29, 0.717) is 22.8 Å². The van der Waals surface area contributed by atoms with Gasteiger partial charge in [0.05, 0.1) is 26.5 Å². The minimum Gasteiger partial charge on any atom is -0.497 e. The maximum atomic E-state index is 13.0. The molecular weight excluding hydrogens is 412 g/mol. The number of para-hydroxylation sites is 1. The van der Waals surface area contributed by atoms with E-state index in [4.69, 9.17) is 9.47 Å². The van der Waals surface area contributed by atoms with Gasteiger partial charge in [0.1, 0.15) is 23.0 Å². The molecule has 0 spiro atoms. The number of anilines is 1. The first kappa shape index (κ1) is 20.8. The fourth-order valence-electron chi connectivity index (χ4n) is 3.54. The zero-order valence-electron chi connectivity index (χ0n) is 17.5. The number of aryl methyl sites for hydroxylation is 1. The first-order chi connectivity index (χ1) is 15.0. The van der Waals surface area contributed by atoms with Crippen molar-refractivity contribution >= 4 is 33.7 Å². The van der Waals surface area contributed by atoms with Crippen LogP contribution in [0, 0.1) is 6.92 Å². The van der Waals surface area contributed by atoms with E-state index in [1.54, 1.807) is 43.4 Å².